The van der Waals surface area contributed by atoms with E-state index < -0.39 is 0 Å². The van der Waals surface area contributed by atoms with Gasteiger partial charge in [-0.2, -0.15) is 0 Å². The maximum Gasteiger partial charge on any atom is 0.0444 e. The van der Waals surface area contributed by atoms with Gasteiger partial charge in [-0.1, -0.05) is 45.1 Å². The number of benzene rings is 1. The summed E-state index contributed by atoms with van der Waals surface area (Å²) >= 11 is 0. The van der Waals surface area contributed by atoms with Crippen molar-refractivity contribution in [1.29, 1.82) is 0 Å². The summed E-state index contributed by atoms with van der Waals surface area (Å²) in [5.41, 5.74) is 17.6. The second kappa shape index (κ2) is 7.18. The van der Waals surface area contributed by atoms with E-state index in [4.69, 9.17) is 11.5 Å². The second-order valence-corrected chi connectivity index (χ2v) is 5.83. The number of nitrogen functional groups attached to an aromatic ring is 2. The lowest BCUT2D eigenvalue weighted by molar-refractivity contribution is 0.525. The van der Waals surface area contributed by atoms with Crippen LogP contribution in [-0.2, 0) is 0 Å². The molecule has 1 unspecified atom stereocenters. The fraction of sp³-hybridized carbons (Fsp3) is 0.444. The Morgan fingerprint density at radius 1 is 0.950 bits per heavy atom. The first-order valence-electron chi connectivity index (χ1n) is 7.39. The van der Waals surface area contributed by atoms with Crippen LogP contribution in [0.2, 0.25) is 0 Å². The van der Waals surface area contributed by atoms with Crippen molar-refractivity contribution in [1.82, 2.24) is 0 Å². The van der Waals surface area contributed by atoms with Crippen LogP contribution in [0.15, 0.2) is 18.2 Å². The van der Waals surface area contributed by atoms with E-state index in [0.717, 1.165) is 34.5 Å². The number of allylic oxidation sites excluding steroid dienone is 2. The minimum Gasteiger partial charge on any atom is -0.398 e. The van der Waals surface area contributed by atoms with Crippen LogP contribution in [0.5, 0.6) is 0 Å². The number of nitrogens with two attached hydrogens (primary N) is 2. The molecule has 0 saturated heterocycles. The van der Waals surface area contributed by atoms with E-state index in [9.17, 15) is 0 Å². The molecule has 0 bridgehead atoms. The predicted molar refractivity (Wildman–Crippen MR) is 92.6 cm³/mol. The van der Waals surface area contributed by atoms with Gasteiger partial charge in [0.25, 0.3) is 0 Å². The molecule has 1 aromatic rings. The van der Waals surface area contributed by atoms with Gasteiger partial charge in [0.2, 0.25) is 0 Å². The van der Waals surface area contributed by atoms with Crippen molar-refractivity contribution in [3.63, 3.8) is 0 Å². The summed E-state index contributed by atoms with van der Waals surface area (Å²) in [6.45, 7) is 10.7. The van der Waals surface area contributed by atoms with Crippen molar-refractivity contribution in [3.8, 4) is 0 Å². The zero-order valence-electron chi connectivity index (χ0n) is 13.4. The number of hydrogen-bond acceptors (Lipinski definition) is 2. The minimum absolute atomic E-state index is 0.365. The molecular formula is C18H28N2. The summed E-state index contributed by atoms with van der Waals surface area (Å²) in [5.74, 6) is 0.989. The number of rotatable bonds is 5. The van der Waals surface area contributed by atoms with Crippen LogP contribution in [0, 0.1) is 5.92 Å². The highest BCUT2D eigenvalue weighted by Gasteiger charge is 2.18. The Kier molecular flexibility index (Phi) is 5.87. The third-order valence-electron chi connectivity index (χ3n) is 3.52. The van der Waals surface area contributed by atoms with E-state index in [1.54, 1.807) is 0 Å². The normalized spacial score (nSPS) is 13.7. The molecule has 0 aliphatic heterocycles. The van der Waals surface area contributed by atoms with Crippen LogP contribution in [0.3, 0.4) is 0 Å². The van der Waals surface area contributed by atoms with Crippen LogP contribution >= 0.6 is 0 Å². The van der Waals surface area contributed by atoms with Gasteiger partial charge in [-0.05, 0) is 49.3 Å². The van der Waals surface area contributed by atoms with Crippen LogP contribution in [-0.4, -0.2) is 0 Å². The third kappa shape index (κ3) is 3.66. The molecule has 110 valence electrons. The van der Waals surface area contributed by atoms with E-state index in [0.29, 0.717) is 11.8 Å². The molecule has 2 nitrogen and oxygen atoms in total. The van der Waals surface area contributed by atoms with Crippen LogP contribution in [0.4, 0.5) is 11.4 Å². The predicted octanol–water partition coefficient (Wildman–Crippen LogP) is 5.07. The Morgan fingerprint density at radius 3 is 1.75 bits per heavy atom. The van der Waals surface area contributed by atoms with E-state index in [2.05, 4.69) is 26.8 Å². The van der Waals surface area contributed by atoms with Crippen molar-refractivity contribution < 1.29 is 0 Å². The van der Waals surface area contributed by atoms with Gasteiger partial charge in [0, 0.05) is 16.9 Å². The summed E-state index contributed by atoms with van der Waals surface area (Å²) in [5, 5.41) is 0. The molecular weight excluding hydrogens is 244 g/mol. The molecule has 0 aromatic heterocycles. The Morgan fingerprint density at radius 2 is 1.40 bits per heavy atom. The van der Waals surface area contributed by atoms with E-state index in [-0.39, 0.29) is 0 Å². The molecule has 0 spiro atoms. The molecule has 0 aliphatic rings. The van der Waals surface area contributed by atoms with Crippen LogP contribution in [0.1, 0.15) is 63.6 Å². The fourth-order valence-corrected chi connectivity index (χ4v) is 2.77. The van der Waals surface area contributed by atoms with E-state index in [1.165, 1.54) is 0 Å². The maximum absolute atomic E-state index is 6.36. The largest absolute Gasteiger partial charge is 0.398 e. The van der Waals surface area contributed by atoms with Gasteiger partial charge in [0.15, 0.2) is 0 Å². The molecule has 4 N–H and O–H groups in total. The van der Waals surface area contributed by atoms with Crippen molar-refractivity contribution in [2.75, 3.05) is 11.5 Å². The maximum atomic E-state index is 6.36. The average molecular weight is 272 g/mol. The van der Waals surface area contributed by atoms with Crippen molar-refractivity contribution >= 4 is 23.5 Å². The van der Waals surface area contributed by atoms with Crippen molar-refractivity contribution in [2.24, 2.45) is 5.92 Å². The Labute approximate surface area is 123 Å². The molecule has 2 heteroatoms. The zero-order valence-corrected chi connectivity index (χ0v) is 13.4. The van der Waals surface area contributed by atoms with Crippen LogP contribution in [0.25, 0.3) is 12.2 Å². The molecule has 0 aliphatic carbocycles. The first-order valence-corrected chi connectivity index (χ1v) is 7.39. The molecule has 0 saturated carbocycles. The smallest absolute Gasteiger partial charge is 0.0444 e. The van der Waals surface area contributed by atoms with Gasteiger partial charge in [-0.25, -0.2) is 0 Å². The summed E-state index contributed by atoms with van der Waals surface area (Å²) in [4.78, 5) is 0. The first-order chi connectivity index (χ1) is 9.42. The summed E-state index contributed by atoms with van der Waals surface area (Å²) in [6, 6.07) is 2.07. The summed E-state index contributed by atoms with van der Waals surface area (Å²) in [6.07, 6.45) is 9.21. The lowest BCUT2D eigenvalue weighted by Gasteiger charge is -2.22. The number of anilines is 2. The fourth-order valence-electron chi connectivity index (χ4n) is 2.77. The Bertz CT molecular complexity index is 474. The summed E-state index contributed by atoms with van der Waals surface area (Å²) in [7, 11) is 0. The molecule has 1 aromatic carbocycles. The minimum atomic E-state index is 0.365. The Balaban J connectivity index is 3.46. The van der Waals surface area contributed by atoms with Gasteiger partial charge in [0.05, 0.1) is 0 Å². The standard InChI is InChI=1S/C18H28N2/c1-6-8-14-11-15(9-7-2)18(20)16(17(14)19)13(5)10-12(3)4/h6-9,11-13H,10,19-20H2,1-5H3/b8-6-,9-7-. The molecule has 1 atom stereocenters. The first kappa shape index (κ1) is 16.4. The third-order valence-corrected chi connectivity index (χ3v) is 3.52. The quantitative estimate of drug-likeness (QED) is 0.735. The highest BCUT2D eigenvalue weighted by atomic mass is 14.6. The van der Waals surface area contributed by atoms with Gasteiger partial charge in [-0.3, -0.25) is 0 Å². The lowest BCUT2D eigenvalue weighted by Crippen LogP contribution is -2.09. The van der Waals surface area contributed by atoms with Crippen molar-refractivity contribution in [3.05, 3.63) is 34.9 Å². The monoisotopic (exact) mass is 272 g/mol. The van der Waals surface area contributed by atoms with Gasteiger partial charge in [0.1, 0.15) is 0 Å². The van der Waals surface area contributed by atoms with E-state index >= 15 is 0 Å². The number of hydrogen-bond donors (Lipinski definition) is 2. The summed E-state index contributed by atoms with van der Waals surface area (Å²) < 4.78 is 0. The second-order valence-electron chi connectivity index (χ2n) is 5.83. The van der Waals surface area contributed by atoms with Gasteiger partial charge < -0.3 is 11.5 Å². The van der Waals surface area contributed by atoms with Crippen molar-refractivity contribution in [2.45, 2.75) is 47.0 Å². The SMILES string of the molecule is C/C=C\c1cc(/C=C\C)c(N)c(C(C)CC(C)C)c1N. The van der Waals surface area contributed by atoms with Gasteiger partial charge in [-0.15, -0.1) is 0 Å². The molecule has 1 rings (SSSR count). The molecule has 0 fully saturated rings. The molecule has 20 heavy (non-hydrogen) atoms. The molecule has 0 amide bonds. The van der Waals surface area contributed by atoms with E-state index in [1.807, 2.05) is 38.2 Å². The molecule has 0 heterocycles. The topological polar surface area (TPSA) is 52.0 Å². The van der Waals surface area contributed by atoms with Crippen LogP contribution < -0.4 is 11.5 Å². The zero-order chi connectivity index (χ0) is 15.3. The van der Waals surface area contributed by atoms with Gasteiger partial charge >= 0.3 is 0 Å². The Hall–Kier alpha value is -1.70. The molecule has 0 radical (unpaired) electrons. The highest BCUT2D eigenvalue weighted by Crippen LogP contribution is 2.37. The highest BCUT2D eigenvalue weighted by molar-refractivity contribution is 5.81. The average Bonchev–Trinajstić information content (AvgIpc) is 2.35. The lowest BCUT2D eigenvalue weighted by atomic mass is 9.86.